The standard InChI is InChI=1S/C17H13BrN2O3/c1-11(16(21)12-5-7-13(18)8-6-12)23-17(22)14-10-20-9-3-2-4-15(20)19-14/h2-11H,1H3/t11-/m0/s1. The van der Waals surface area contributed by atoms with Gasteiger partial charge in [-0.05, 0) is 31.2 Å². The van der Waals surface area contributed by atoms with Gasteiger partial charge in [-0.2, -0.15) is 0 Å². The Labute approximate surface area is 141 Å². The molecule has 0 amide bonds. The van der Waals surface area contributed by atoms with Gasteiger partial charge < -0.3 is 9.14 Å². The van der Waals surface area contributed by atoms with Crippen LogP contribution in [0, 0.1) is 0 Å². The number of imidazole rings is 1. The highest BCUT2D eigenvalue weighted by molar-refractivity contribution is 9.10. The van der Waals surface area contributed by atoms with Gasteiger partial charge in [0.2, 0.25) is 5.78 Å². The number of benzene rings is 1. The summed E-state index contributed by atoms with van der Waals surface area (Å²) in [6.07, 6.45) is 2.48. The van der Waals surface area contributed by atoms with Crippen LogP contribution in [0.5, 0.6) is 0 Å². The Morgan fingerprint density at radius 1 is 1.17 bits per heavy atom. The van der Waals surface area contributed by atoms with E-state index in [1.54, 1.807) is 54.0 Å². The van der Waals surface area contributed by atoms with E-state index in [0.717, 1.165) is 4.47 Å². The summed E-state index contributed by atoms with van der Waals surface area (Å²) in [6, 6.07) is 12.4. The molecule has 0 unspecified atom stereocenters. The second kappa shape index (κ2) is 6.34. The first-order valence-electron chi connectivity index (χ1n) is 6.99. The number of ketones is 1. The van der Waals surface area contributed by atoms with Crippen LogP contribution in [0.4, 0.5) is 0 Å². The van der Waals surface area contributed by atoms with Crippen molar-refractivity contribution in [1.82, 2.24) is 9.38 Å². The van der Waals surface area contributed by atoms with E-state index in [1.165, 1.54) is 0 Å². The minimum atomic E-state index is -0.881. The van der Waals surface area contributed by atoms with E-state index in [0.29, 0.717) is 11.2 Å². The average Bonchev–Trinajstić information content (AvgIpc) is 2.99. The number of carbonyl (C=O) groups excluding carboxylic acids is 2. The van der Waals surface area contributed by atoms with Crippen molar-refractivity contribution in [2.75, 3.05) is 0 Å². The maximum Gasteiger partial charge on any atom is 0.359 e. The largest absolute Gasteiger partial charge is 0.449 e. The predicted molar refractivity (Wildman–Crippen MR) is 88.5 cm³/mol. The van der Waals surface area contributed by atoms with Gasteiger partial charge in [-0.15, -0.1) is 0 Å². The number of rotatable bonds is 4. The Kier molecular flexibility index (Phi) is 4.25. The lowest BCUT2D eigenvalue weighted by atomic mass is 10.1. The number of Topliss-reactive ketones (excluding diaryl/α,β-unsaturated/α-hetero) is 1. The molecule has 2 heterocycles. The molecule has 0 radical (unpaired) electrons. The highest BCUT2D eigenvalue weighted by Gasteiger charge is 2.21. The van der Waals surface area contributed by atoms with Crippen molar-refractivity contribution in [2.24, 2.45) is 0 Å². The normalized spacial score (nSPS) is 12.1. The van der Waals surface area contributed by atoms with E-state index in [2.05, 4.69) is 20.9 Å². The van der Waals surface area contributed by atoms with Gasteiger partial charge in [-0.1, -0.05) is 34.1 Å². The first-order chi connectivity index (χ1) is 11.0. The summed E-state index contributed by atoms with van der Waals surface area (Å²) in [5.41, 5.74) is 1.31. The van der Waals surface area contributed by atoms with Crippen LogP contribution in [0.3, 0.4) is 0 Å². The second-order valence-electron chi connectivity index (χ2n) is 5.01. The number of aromatic nitrogens is 2. The molecular formula is C17H13BrN2O3. The number of carbonyl (C=O) groups is 2. The quantitative estimate of drug-likeness (QED) is 0.519. The van der Waals surface area contributed by atoms with Crippen LogP contribution in [0.2, 0.25) is 0 Å². The van der Waals surface area contributed by atoms with Crippen molar-refractivity contribution < 1.29 is 14.3 Å². The molecule has 1 aromatic carbocycles. The number of esters is 1. The lowest BCUT2D eigenvalue weighted by Crippen LogP contribution is -2.24. The van der Waals surface area contributed by atoms with Crippen LogP contribution in [0.15, 0.2) is 59.3 Å². The van der Waals surface area contributed by atoms with Crippen molar-refractivity contribution in [3.05, 3.63) is 70.6 Å². The van der Waals surface area contributed by atoms with E-state index in [1.807, 2.05) is 12.1 Å². The maximum absolute atomic E-state index is 12.3. The fraction of sp³-hybridized carbons (Fsp3) is 0.118. The molecule has 5 nitrogen and oxygen atoms in total. The van der Waals surface area contributed by atoms with Crippen molar-refractivity contribution in [2.45, 2.75) is 13.0 Å². The molecule has 0 fully saturated rings. The fourth-order valence-corrected chi connectivity index (χ4v) is 2.42. The minimum absolute atomic E-state index is 0.173. The van der Waals surface area contributed by atoms with Gasteiger partial charge in [0, 0.05) is 22.4 Å². The van der Waals surface area contributed by atoms with Gasteiger partial charge in [-0.25, -0.2) is 9.78 Å². The van der Waals surface area contributed by atoms with E-state index in [9.17, 15) is 9.59 Å². The molecule has 0 saturated heterocycles. The van der Waals surface area contributed by atoms with Crippen molar-refractivity contribution in [3.63, 3.8) is 0 Å². The molecule has 1 atom stereocenters. The number of hydrogen-bond acceptors (Lipinski definition) is 4. The Morgan fingerprint density at radius 3 is 2.61 bits per heavy atom. The third kappa shape index (κ3) is 3.32. The van der Waals surface area contributed by atoms with Crippen LogP contribution < -0.4 is 0 Å². The first kappa shape index (κ1) is 15.4. The molecule has 6 heteroatoms. The first-order valence-corrected chi connectivity index (χ1v) is 7.78. The van der Waals surface area contributed by atoms with Crippen molar-refractivity contribution in [3.8, 4) is 0 Å². The number of fused-ring (bicyclic) bond motifs is 1. The number of halogens is 1. The molecule has 3 aromatic rings. The summed E-state index contributed by atoms with van der Waals surface area (Å²) < 4.78 is 7.83. The van der Waals surface area contributed by atoms with Gasteiger partial charge in [-0.3, -0.25) is 4.79 Å². The van der Waals surface area contributed by atoms with Crippen LogP contribution in [0.25, 0.3) is 5.65 Å². The van der Waals surface area contributed by atoms with E-state index >= 15 is 0 Å². The zero-order valence-electron chi connectivity index (χ0n) is 12.3. The SMILES string of the molecule is C[C@H](OC(=O)c1cn2ccccc2n1)C(=O)c1ccc(Br)cc1. The number of pyridine rings is 1. The smallest absolute Gasteiger partial charge is 0.359 e. The molecule has 0 aliphatic carbocycles. The molecule has 0 N–H and O–H groups in total. The molecule has 2 aromatic heterocycles. The summed E-state index contributed by atoms with van der Waals surface area (Å²) in [4.78, 5) is 28.6. The monoisotopic (exact) mass is 372 g/mol. The molecule has 0 saturated carbocycles. The summed E-state index contributed by atoms with van der Waals surface area (Å²) in [5, 5.41) is 0. The van der Waals surface area contributed by atoms with Crippen LogP contribution in [-0.2, 0) is 4.74 Å². The van der Waals surface area contributed by atoms with Crippen LogP contribution >= 0.6 is 15.9 Å². The van der Waals surface area contributed by atoms with Gasteiger partial charge in [0.25, 0.3) is 0 Å². The Morgan fingerprint density at radius 2 is 1.91 bits per heavy atom. The zero-order valence-corrected chi connectivity index (χ0v) is 13.9. The minimum Gasteiger partial charge on any atom is -0.449 e. The lowest BCUT2D eigenvalue weighted by Gasteiger charge is -2.11. The highest BCUT2D eigenvalue weighted by atomic mass is 79.9. The van der Waals surface area contributed by atoms with Crippen LogP contribution in [-0.4, -0.2) is 27.2 Å². The molecular weight excluding hydrogens is 360 g/mol. The molecule has 0 aliphatic rings. The van der Waals surface area contributed by atoms with Gasteiger partial charge >= 0.3 is 5.97 Å². The molecule has 116 valence electrons. The molecule has 3 rings (SSSR count). The predicted octanol–water partition coefficient (Wildman–Crippen LogP) is 3.53. The third-order valence-corrected chi connectivity index (χ3v) is 3.88. The lowest BCUT2D eigenvalue weighted by molar-refractivity contribution is 0.0314. The topological polar surface area (TPSA) is 60.7 Å². The summed E-state index contributed by atoms with van der Waals surface area (Å²) >= 11 is 3.31. The molecule has 23 heavy (non-hydrogen) atoms. The van der Waals surface area contributed by atoms with Gasteiger partial charge in [0.15, 0.2) is 11.8 Å². The maximum atomic E-state index is 12.3. The van der Waals surface area contributed by atoms with Crippen molar-refractivity contribution >= 4 is 33.3 Å². The van der Waals surface area contributed by atoms with Crippen LogP contribution in [0.1, 0.15) is 27.8 Å². The Bertz CT molecular complexity index is 838. The van der Waals surface area contributed by atoms with Crippen molar-refractivity contribution in [1.29, 1.82) is 0 Å². The Hall–Kier alpha value is -2.47. The summed E-state index contributed by atoms with van der Waals surface area (Å²) in [5.74, 6) is -0.874. The zero-order chi connectivity index (χ0) is 16.4. The highest BCUT2D eigenvalue weighted by Crippen LogP contribution is 2.14. The van der Waals surface area contributed by atoms with Gasteiger partial charge in [0.1, 0.15) is 5.65 Å². The number of hydrogen-bond donors (Lipinski definition) is 0. The molecule has 0 bridgehead atoms. The molecule has 0 aliphatic heterocycles. The number of nitrogens with zero attached hydrogens (tertiary/aromatic N) is 2. The van der Waals surface area contributed by atoms with E-state index in [4.69, 9.17) is 4.74 Å². The van der Waals surface area contributed by atoms with E-state index in [-0.39, 0.29) is 11.5 Å². The fourth-order valence-electron chi connectivity index (χ4n) is 2.16. The number of ether oxygens (including phenoxy) is 1. The van der Waals surface area contributed by atoms with E-state index < -0.39 is 12.1 Å². The molecule has 0 spiro atoms. The summed E-state index contributed by atoms with van der Waals surface area (Å²) in [6.45, 7) is 1.55. The Balaban J connectivity index is 1.73. The average molecular weight is 373 g/mol. The van der Waals surface area contributed by atoms with Gasteiger partial charge in [0.05, 0.1) is 0 Å². The summed E-state index contributed by atoms with van der Waals surface area (Å²) in [7, 11) is 0. The second-order valence-corrected chi connectivity index (χ2v) is 5.93. The third-order valence-electron chi connectivity index (χ3n) is 3.35.